The molecule has 2 amide bonds. The van der Waals surface area contributed by atoms with Crippen molar-refractivity contribution in [2.45, 2.75) is 32.3 Å². The van der Waals surface area contributed by atoms with Crippen LogP contribution in [-0.4, -0.2) is 44.3 Å². The lowest BCUT2D eigenvalue weighted by Crippen LogP contribution is -2.34. The Morgan fingerprint density at radius 1 is 1.33 bits per heavy atom. The highest BCUT2D eigenvalue weighted by Crippen LogP contribution is 2.30. The van der Waals surface area contributed by atoms with Gasteiger partial charge in [0, 0.05) is 18.7 Å². The average molecular weight is 411 g/mol. The van der Waals surface area contributed by atoms with Gasteiger partial charge in [-0.3, -0.25) is 9.69 Å². The molecule has 1 N–H and O–H groups in total. The Bertz CT molecular complexity index is 952. The predicted octanol–water partition coefficient (Wildman–Crippen LogP) is 2.62. The molecule has 0 saturated carbocycles. The molecule has 2 fully saturated rings. The van der Waals surface area contributed by atoms with Crippen molar-refractivity contribution < 1.29 is 18.7 Å². The fourth-order valence-electron chi connectivity index (χ4n) is 3.59. The van der Waals surface area contributed by atoms with Crippen LogP contribution in [0.15, 0.2) is 29.3 Å². The summed E-state index contributed by atoms with van der Waals surface area (Å²) < 4.78 is 20.0. The number of benzene rings is 1. The molecule has 30 heavy (non-hydrogen) atoms. The van der Waals surface area contributed by atoms with Crippen LogP contribution in [-0.2, 0) is 9.53 Å². The molecule has 2 aliphatic rings. The summed E-state index contributed by atoms with van der Waals surface area (Å²) in [6.45, 7) is 3.32. The van der Waals surface area contributed by atoms with Crippen molar-refractivity contribution in [3.63, 3.8) is 0 Å². The van der Waals surface area contributed by atoms with E-state index in [1.807, 2.05) is 4.90 Å². The van der Waals surface area contributed by atoms with Gasteiger partial charge < -0.3 is 15.0 Å². The zero-order valence-electron chi connectivity index (χ0n) is 16.7. The molecular weight excluding hydrogens is 389 g/mol. The van der Waals surface area contributed by atoms with E-state index in [9.17, 15) is 14.0 Å². The fraction of sp³-hybridized carbons (Fsp3) is 0.429. The minimum absolute atomic E-state index is 0.0923. The van der Waals surface area contributed by atoms with Gasteiger partial charge in [-0.25, -0.2) is 9.18 Å². The van der Waals surface area contributed by atoms with Gasteiger partial charge in [-0.15, -0.1) is 0 Å². The van der Waals surface area contributed by atoms with Crippen LogP contribution in [0.1, 0.15) is 26.2 Å². The second kappa shape index (κ2) is 9.27. The lowest BCUT2D eigenvalue weighted by molar-refractivity contribution is -0.120. The van der Waals surface area contributed by atoms with Crippen molar-refractivity contribution in [2.75, 3.05) is 36.0 Å². The minimum atomic E-state index is -0.610. The summed E-state index contributed by atoms with van der Waals surface area (Å²) in [5, 5.41) is 20.0. The normalized spacial score (nSPS) is 18.5. The number of nitriles is 2. The maximum atomic E-state index is 14.8. The number of halogens is 1. The number of ether oxygens (including phenoxy) is 1. The van der Waals surface area contributed by atoms with Crippen LogP contribution < -0.4 is 15.1 Å². The van der Waals surface area contributed by atoms with Crippen molar-refractivity contribution in [3.05, 3.63) is 35.2 Å². The lowest BCUT2D eigenvalue weighted by Gasteiger charge is -2.31. The van der Waals surface area contributed by atoms with Crippen molar-refractivity contribution in [1.82, 2.24) is 5.32 Å². The van der Waals surface area contributed by atoms with E-state index in [1.165, 1.54) is 11.0 Å². The smallest absolute Gasteiger partial charge is 0.414 e. The van der Waals surface area contributed by atoms with Crippen LogP contribution in [0.3, 0.4) is 0 Å². The standard InChI is InChI=1S/C21H22FN5O3/c1-14(11-24)15-5-8-26(9-6-15)19-3-2-16(10-18(19)22)27-13-17(30-21(27)29)12-25-20(28)4-7-23/h2-3,10,17H,4-6,8-9,12-13H2,1H3,(H,25,28). The molecule has 0 radical (unpaired) electrons. The molecule has 1 unspecified atom stereocenters. The van der Waals surface area contributed by atoms with Crippen LogP contribution in [0.4, 0.5) is 20.6 Å². The Hall–Kier alpha value is -3.59. The van der Waals surface area contributed by atoms with Gasteiger partial charge in [0.05, 0.1) is 36.6 Å². The summed E-state index contributed by atoms with van der Waals surface area (Å²) in [6, 6.07) is 8.53. The number of hydrogen-bond donors (Lipinski definition) is 1. The first-order valence-corrected chi connectivity index (χ1v) is 9.68. The molecule has 2 aliphatic heterocycles. The molecule has 0 aliphatic carbocycles. The SMILES string of the molecule is CC(C#N)=C1CCN(c2ccc(N3CC(CNC(=O)CC#N)OC3=O)cc2F)CC1. The highest BCUT2D eigenvalue weighted by atomic mass is 19.1. The lowest BCUT2D eigenvalue weighted by atomic mass is 9.99. The molecule has 2 saturated heterocycles. The molecule has 3 rings (SSSR count). The highest BCUT2D eigenvalue weighted by Gasteiger charge is 2.33. The number of rotatable bonds is 5. The van der Waals surface area contributed by atoms with Crippen molar-refractivity contribution in [2.24, 2.45) is 0 Å². The van der Waals surface area contributed by atoms with Crippen molar-refractivity contribution >= 4 is 23.4 Å². The van der Waals surface area contributed by atoms with Crippen LogP contribution in [0.2, 0.25) is 0 Å². The Kier molecular flexibility index (Phi) is 6.53. The Balaban J connectivity index is 1.63. The van der Waals surface area contributed by atoms with Crippen LogP contribution in [0, 0.1) is 28.5 Å². The molecule has 0 bridgehead atoms. The quantitative estimate of drug-likeness (QED) is 0.746. The third-order valence-electron chi connectivity index (χ3n) is 5.29. The summed E-state index contributed by atoms with van der Waals surface area (Å²) in [5.41, 5.74) is 2.68. The highest BCUT2D eigenvalue weighted by molar-refractivity contribution is 5.90. The molecule has 1 atom stereocenters. The van der Waals surface area contributed by atoms with E-state index in [-0.39, 0.29) is 19.5 Å². The van der Waals surface area contributed by atoms with Crippen LogP contribution >= 0.6 is 0 Å². The number of carbonyl (C=O) groups is 2. The molecule has 1 aromatic carbocycles. The van der Waals surface area contributed by atoms with Crippen molar-refractivity contribution in [3.8, 4) is 12.1 Å². The van der Waals surface area contributed by atoms with E-state index in [4.69, 9.17) is 15.3 Å². The summed E-state index contributed by atoms with van der Waals surface area (Å²) in [4.78, 5) is 26.8. The van der Waals surface area contributed by atoms with E-state index >= 15 is 0 Å². The number of nitrogens with zero attached hydrogens (tertiary/aromatic N) is 4. The number of cyclic esters (lactones) is 1. The Labute approximate surface area is 174 Å². The summed E-state index contributed by atoms with van der Waals surface area (Å²) in [7, 11) is 0. The molecule has 0 aromatic heterocycles. The number of hydrogen-bond acceptors (Lipinski definition) is 6. The van der Waals surface area contributed by atoms with Gasteiger partial charge in [0.1, 0.15) is 18.3 Å². The summed E-state index contributed by atoms with van der Waals surface area (Å²) >= 11 is 0. The van der Waals surface area contributed by atoms with E-state index in [1.54, 1.807) is 25.1 Å². The first-order valence-electron chi connectivity index (χ1n) is 9.68. The van der Waals surface area contributed by atoms with Crippen LogP contribution in [0.5, 0.6) is 0 Å². The number of amides is 2. The van der Waals surface area contributed by atoms with Crippen molar-refractivity contribution in [1.29, 1.82) is 10.5 Å². The van der Waals surface area contributed by atoms with Gasteiger partial charge in [0.2, 0.25) is 5.91 Å². The van der Waals surface area contributed by atoms with Gasteiger partial charge in [-0.1, -0.05) is 5.57 Å². The fourth-order valence-corrected chi connectivity index (χ4v) is 3.59. The molecule has 2 heterocycles. The maximum absolute atomic E-state index is 14.8. The van der Waals surface area contributed by atoms with E-state index in [0.717, 1.165) is 24.0 Å². The molecule has 9 heteroatoms. The molecule has 1 aromatic rings. The second-order valence-corrected chi connectivity index (χ2v) is 7.22. The minimum Gasteiger partial charge on any atom is -0.442 e. The summed E-state index contributed by atoms with van der Waals surface area (Å²) in [6.07, 6.45) is -0.00261. The summed E-state index contributed by atoms with van der Waals surface area (Å²) in [5.74, 6) is -0.873. The number of allylic oxidation sites excluding steroid dienone is 1. The third kappa shape index (κ3) is 4.69. The zero-order chi connectivity index (χ0) is 21.7. The first-order chi connectivity index (χ1) is 14.4. The molecule has 0 spiro atoms. The number of carbonyl (C=O) groups excluding carboxylic acids is 2. The van der Waals surface area contributed by atoms with Gasteiger partial charge >= 0.3 is 6.09 Å². The third-order valence-corrected chi connectivity index (χ3v) is 5.29. The molecule has 156 valence electrons. The van der Waals surface area contributed by atoms with E-state index in [2.05, 4.69) is 11.4 Å². The maximum Gasteiger partial charge on any atom is 0.414 e. The average Bonchev–Trinajstić information content (AvgIpc) is 3.12. The molecular formula is C21H22FN5O3. The van der Waals surface area contributed by atoms with E-state index in [0.29, 0.717) is 24.5 Å². The van der Waals surface area contributed by atoms with Gasteiger partial charge in [0.25, 0.3) is 0 Å². The second-order valence-electron chi connectivity index (χ2n) is 7.22. The monoisotopic (exact) mass is 411 g/mol. The Morgan fingerprint density at radius 2 is 2.07 bits per heavy atom. The number of anilines is 2. The topological polar surface area (TPSA) is 109 Å². The zero-order valence-corrected chi connectivity index (χ0v) is 16.7. The predicted molar refractivity (Wildman–Crippen MR) is 107 cm³/mol. The Morgan fingerprint density at radius 3 is 2.70 bits per heavy atom. The first kappa shape index (κ1) is 21.1. The van der Waals surface area contributed by atoms with Gasteiger partial charge in [0.15, 0.2) is 0 Å². The van der Waals surface area contributed by atoms with Gasteiger partial charge in [-0.2, -0.15) is 10.5 Å². The van der Waals surface area contributed by atoms with E-state index < -0.39 is 23.9 Å². The van der Waals surface area contributed by atoms with Gasteiger partial charge in [-0.05, 0) is 38.0 Å². The largest absolute Gasteiger partial charge is 0.442 e. The number of nitrogens with one attached hydrogen (secondary N) is 1. The molecule has 8 nitrogen and oxygen atoms in total. The van der Waals surface area contributed by atoms with Crippen LogP contribution in [0.25, 0.3) is 0 Å². The number of piperidine rings is 1.